The molecule has 0 unspecified atom stereocenters. The summed E-state index contributed by atoms with van der Waals surface area (Å²) in [5.74, 6) is -0.986. The van der Waals surface area contributed by atoms with Crippen LogP contribution < -0.4 is 15.4 Å². The highest BCUT2D eigenvalue weighted by Gasteiger charge is 2.46. The fourth-order valence-corrected chi connectivity index (χ4v) is 6.02. The molecule has 1 spiro atoms. The van der Waals surface area contributed by atoms with Crippen LogP contribution in [0.25, 0.3) is 0 Å². The van der Waals surface area contributed by atoms with Gasteiger partial charge in [0.2, 0.25) is 5.88 Å². The Morgan fingerprint density at radius 1 is 1.26 bits per heavy atom. The van der Waals surface area contributed by atoms with Gasteiger partial charge in [0.1, 0.15) is 10.8 Å². The topological polar surface area (TPSA) is 120 Å². The lowest BCUT2D eigenvalue weighted by molar-refractivity contribution is -0.0421. The fourth-order valence-electron chi connectivity index (χ4n) is 5.87. The van der Waals surface area contributed by atoms with Crippen LogP contribution in [0.5, 0.6) is 5.88 Å². The van der Waals surface area contributed by atoms with Gasteiger partial charge in [0.15, 0.2) is 11.5 Å². The van der Waals surface area contributed by atoms with Gasteiger partial charge >= 0.3 is 0 Å². The first-order valence-corrected chi connectivity index (χ1v) is 15.0. The molecule has 0 bridgehead atoms. The third kappa shape index (κ3) is 7.50. The summed E-state index contributed by atoms with van der Waals surface area (Å²) in [6, 6.07) is 12.6. The van der Waals surface area contributed by atoms with Gasteiger partial charge in [-0.05, 0) is 79.0 Å². The molecule has 0 radical (unpaired) electrons. The number of nitrogens with one attached hydrogen (secondary N) is 2. The molecular weight excluding hydrogens is 569 g/mol. The number of aliphatic hydroxyl groups excluding tert-OH is 1. The summed E-state index contributed by atoms with van der Waals surface area (Å²) >= 11 is 5.92. The van der Waals surface area contributed by atoms with Crippen molar-refractivity contribution in [3.05, 3.63) is 87.6 Å². The summed E-state index contributed by atoms with van der Waals surface area (Å²) < 4.78 is 20.9. The van der Waals surface area contributed by atoms with Crippen LogP contribution in [0.3, 0.4) is 0 Å². The largest absolute Gasteiger partial charge is 0.471 e. The van der Waals surface area contributed by atoms with Gasteiger partial charge in [-0.25, -0.2) is 14.4 Å². The smallest absolute Gasteiger partial charge is 0.273 e. The summed E-state index contributed by atoms with van der Waals surface area (Å²) in [5.41, 5.74) is 2.64. The van der Waals surface area contributed by atoms with Crippen molar-refractivity contribution >= 4 is 17.5 Å². The lowest BCUT2D eigenvalue weighted by atomic mass is 9.73. The lowest BCUT2D eigenvalue weighted by Gasteiger charge is -2.47. The highest BCUT2D eigenvalue weighted by molar-refractivity contribution is 6.29. The van der Waals surface area contributed by atoms with Crippen molar-refractivity contribution in [2.45, 2.75) is 83.1 Å². The van der Waals surface area contributed by atoms with Crippen molar-refractivity contribution < 1.29 is 19.0 Å². The molecule has 226 valence electrons. The number of hydrogen-bond acceptors (Lipinski definition) is 7. The predicted molar refractivity (Wildman–Crippen MR) is 161 cm³/mol. The van der Waals surface area contributed by atoms with Crippen molar-refractivity contribution in [2.75, 3.05) is 6.54 Å². The maximum Gasteiger partial charge on any atom is 0.273 e. The molecule has 1 fully saturated rings. The van der Waals surface area contributed by atoms with Gasteiger partial charge in [-0.3, -0.25) is 4.79 Å². The first-order chi connectivity index (χ1) is 20.4. The first kappa shape index (κ1) is 30.9. The number of hydrogen-bond donors (Lipinski definition) is 3. The number of aliphatic hydroxyl groups is 1. The third-order valence-corrected chi connectivity index (χ3v) is 8.30. The molecule has 5 rings (SSSR count). The zero-order chi connectivity index (χ0) is 30.8. The predicted octanol–water partition coefficient (Wildman–Crippen LogP) is 5.47. The Hall–Kier alpha value is -3.58. The Morgan fingerprint density at radius 3 is 2.74 bits per heavy atom. The standard InChI is InChI=1S/C33H37ClFN5O3/c1-32(2,3)15-22-13-23-26(16-33(10-5-11-33)43-31(23)38-18-22)37-19-27(41)25(14-20-6-4-7-21(12-20)17-36)39-30(42)29-24(35)8-9-28(34)40-29/h4,6-9,12-13,18,25-27,37,41H,5,10-11,14-16,19H2,1-3H3,(H,39,42)/t25-,26-,27+/m0/s1. The molecule has 8 nitrogen and oxygen atoms in total. The van der Waals surface area contributed by atoms with Crippen LogP contribution in [-0.2, 0) is 12.8 Å². The van der Waals surface area contributed by atoms with Crippen molar-refractivity contribution in [2.24, 2.45) is 5.41 Å². The minimum atomic E-state index is -1.06. The Bertz CT molecular complexity index is 1530. The second-order valence-corrected chi connectivity index (χ2v) is 13.3. The van der Waals surface area contributed by atoms with Crippen molar-refractivity contribution in [3.8, 4) is 11.9 Å². The van der Waals surface area contributed by atoms with Gasteiger partial charge in [0.05, 0.1) is 23.8 Å². The highest BCUT2D eigenvalue weighted by Crippen LogP contribution is 2.48. The molecule has 3 atom stereocenters. The number of carbonyl (C=O) groups is 1. The van der Waals surface area contributed by atoms with E-state index in [0.29, 0.717) is 11.4 Å². The number of nitriles is 1. The van der Waals surface area contributed by atoms with E-state index < -0.39 is 29.6 Å². The molecule has 2 aliphatic rings. The van der Waals surface area contributed by atoms with Crippen LogP contribution in [0.1, 0.15) is 85.2 Å². The van der Waals surface area contributed by atoms with E-state index in [1.165, 1.54) is 6.07 Å². The molecule has 3 heterocycles. The quantitative estimate of drug-likeness (QED) is 0.277. The number of rotatable bonds is 9. The maximum atomic E-state index is 14.5. The number of fused-ring (bicyclic) bond motifs is 1. The van der Waals surface area contributed by atoms with Crippen LogP contribution in [0, 0.1) is 22.6 Å². The van der Waals surface area contributed by atoms with Gasteiger partial charge in [-0.15, -0.1) is 0 Å². The monoisotopic (exact) mass is 605 g/mol. The molecule has 3 aromatic rings. The van der Waals surface area contributed by atoms with Crippen LogP contribution in [0.15, 0.2) is 48.7 Å². The summed E-state index contributed by atoms with van der Waals surface area (Å²) in [4.78, 5) is 21.7. The van der Waals surface area contributed by atoms with Gasteiger partial charge < -0.3 is 20.5 Å². The molecule has 0 saturated heterocycles. The SMILES string of the molecule is CC(C)(C)Cc1cnc2c(c1)[C@@H](NC[C@@H](O)[C@H](Cc1cccc(C#N)c1)NC(=O)c1nc(Cl)ccc1F)CC1(CCC1)O2. The minimum absolute atomic E-state index is 0.0189. The van der Waals surface area contributed by atoms with Crippen LogP contribution >= 0.6 is 11.6 Å². The molecule has 10 heteroatoms. The third-order valence-electron chi connectivity index (χ3n) is 8.09. The van der Waals surface area contributed by atoms with Gasteiger partial charge in [0.25, 0.3) is 5.91 Å². The van der Waals surface area contributed by atoms with E-state index in [4.69, 9.17) is 21.3 Å². The molecule has 2 aromatic heterocycles. The molecule has 1 aromatic carbocycles. The number of aromatic nitrogens is 2. The zero-order valence-corrected chi connectivity index (χ0v) is 25.4. The maximum absolute atomic E-state index is 14.5. The van der Waals surface area contributed by atoms with Crippen LogP contribution in [0.2, 0.25) is 5.15 Å². The summed E-state index contributed by atoms with van der Waals surface area (Å²) in [6.45, 7) is 6.69. The molecule has 43 heavy (non-hydrogen) atoms. The average molecular weight is 606 g/mol. The number of amides is 1. The molecule has 3 N–H and O–H groups in total. The van der Waals surface area contributed by atoms with Crippen LogP contribution in [-0.4, -0.2) is 45.3 Å². The van der Waals surface area contributed by atoms with E-state index in [9.17, 15) is 19.6 Å². The van der Waals surface area contributed by atoms with E-state index in [2.05, 4.69) is 48.5 Å². The molecule has 1 aliphatic carbocycles. The molecule has 1 aliphatic heterocycles. The van der Waals surface area contributed by atoms with E-state index in [1.54, 1.807) is 18.2 Å². The van der Waals surface area contributed by atoms with E-state index >= 15 is 0 Å². The van der Waals surface area contributed by atoms with E-state index in [-0.39, 0.29) is 35.2 Å². The molecule has 1 saturated carbocycles. The van der Waals surface area contributed by atoms with Crippen LogP contribution in [0.4, 0.5) is 4.39 Å². The fraction of sp³-hybridized carbons (Fsp3) is 0.455. The summed E-state index contributed by atoms with van der Waals surface area (Å²) in [7, 11) is 0. The van der Waals surface area contributed by atoms with E-state index in [0.717, 1.165) is 54.9 Å². The Labute approximate surface area is 256 Å². The van der Waals surface area contributed by atoms with Gasteiger partial charge in [-0.1, -0.05) is 44.5 Å². The average Bonchev–Trinajstić information content (AvgIpc) is 2.95. The Balaban J connectivity index is 1.37. The number of pyridine rings is 2. The Kier molecular flexibility index (Phi) is 9.02. The number of nitrogens with zero attached hydrogens (tertiary/aromatic N) is 3. The second-order valence-electron chi connectivity index (χ2n) is 12.9. The number of benzene rings is 1. The summed E-state index contributed by atoms with van der Waals surface area (Å²) in [5, 5.41) is 27.1. The highest BCUT2D eigenvalue weighted by atomic mass is 35.5. The van der Waals surface area contributed by atoms with Crippen molar-refractivity contribution in [1.82, 2.24) is 20.6 Å². The number of carbonyl (C=O) groups excluding carboxylic acids is 1. The minimum Gasteiger partial charge on any atom is -0.471 e. The first-order valence-electron chi connectivity index (χ1n) is 14.6. The zero-order valence-electron chi connectivity index (χ0n) is 24.7. The second kappa shape index (κ2) is 12.6. The van der Waals surface area contributed by atoms with Crippen molar-refractivity contribution in [3.63, 3.8) is 0 Å². The molecule has 1 amide bonds. The van der Waals surface area contributed by atoms with E-state index in [1.807, 2.05) is 12.3 Å². The summed E-state index contributed by atoms with van der Waals surface area (Å²) in [6.07, 6.45) is 5.62. The normalized spacial score (nSPS) is 18.5. The van der Waals surface area contributed by atoms with Crippen molar-refractivity contribution in [1.29, 1.82) is 5.26 Å². The van der Waals surface area contributed by atoms with Gasteiger partial charge in [-0.2, -0.15) is 5.26 Å². The number of ether oxygens (including phenoxy) is 1. The Morgan fingerprint density at radius 2 is 2.05 bits per heavy atom. The molecular formula is C33H37ClFN5O3. The lowest BCUT2D eigenvalue weighted by Crippen LogP contribution is -2.52. The van der Waals surface area contributed by atoms with Gasteiger partial charge in [0, 0.05) is 30.8 Å². The number of halogens is 2.